The molecule has 1 unspecified atom stereocenters. The van der Waals surface area contributed by atoms with Crippen LogP contribution in [0.15, 0.2) is 0 Å². The van der Waals surface area contributed by atoms with E-state index < -0.39 is 156 Å². The van der Waals surface area contributed by atoms with Gasteiger partial charge in [-0.1, -0.05) is 95.9 Å². The fourth-order valence-corrected chi connectivity index (χ4v) is 9.67. The van der Waals surface area contributed by atoms with E-state index in [4.69, 9.17) is 0 Å². The van der Waals surface area contributed by atoms with Crippen LogP contribution in [0.2, 0.25) is 0 Å². The van der Waals surface area contributed by atoms with Gasteiger partial charge >= 0.3 is 11.9 Å². The second kappa shape index (κ2) is 32.1. The van der Waals surface area contributed by atoms with E-state index in [0.717, 1.165) is 0 Å². The number of piperazine rings is 2. The molecule has 26 nitrogen and oxygen atoms in total. The van der Waals surface area contributed by atoms with Crippen LogP contribution < -0.4 is 42.5 Å². The van der Waals surface area contributed by atoms with Gasteiger partial charge < -0.3 is 62.5 Å². The molecule has 0 aromatic carbocycles. The molecule has 10 amide bonds. The molecule has 0 aromatic heterocycles. The van der Waals surface area contributed by atoms with Crippen LogP contribution in [-0.2, 0) is 57.5 Å². The number of rotatable bonds is 14. The first-order valence-corrected chi connectivity index (χ1v) is 28.3. The summed E-state index contributed by atoms with van der Waals surface area (Å²) < 4.78 is 0. The number of carbonyl (C=O) groups is 12. The van der Waals surface area contributed by atoms with E-state index in [9.17, 15) is 67.7 Å². The summed E-state index contributed by atoms with van der Waals surface area (Å²) in [6.45, 7) is 22.1. The molecule has 4 bridgehead atoms. The number of carboxylic acid groups (broad SMARTS) is 2. The van der Waals surface area contributed by atoms with E-state index in [2.05, 4.69) is 42.5 Å². The Hall–Kier alpha value is -6.44. The van der Waals surface area contributed by atoms with Gasteiger partial charge in [-0.15, -0.1) is 0 Å². The molecule has 6 fully saturated rings. The van der Waals surface area contributed by atoms with Gasteiger partial charge in [-0.25, -0.2) is 0 Å². The summed E-state index contributed by atoms with van der Waals surface area (Å²) in [5.74, 6) is -12.1. The second-order valence-electron chi connectivity index (χ2n) is 23.2. The van der Waals surface area contributed by atoms with Gasteiger partial charge in [-0.2, -0.15) is 0 Å². The topological polar surface area (TPSA) is 354 Å². The SMILES string of the molecule is CC[C@H](C)[C@@H]1NC(=O)CN2CCN(CC2)C(=O)[C@H](C(C)C)NC(=O)[C@H](CC(=O)O)NC(=O)[C@H](CC(C)C)NC(=O)[C@H]([C@@H](C)CC)NC(=O)CN2CCN(CC2)C(=O)C(C(C)C)NC(=O)[C@H](CC(=O)O)NC(=O)[C@H](CC(C)C)NC1=O. The summed E-state index contributed by atoms with van der Waals surface area (Å²) in [6, 6.07) is -10.5. The van der Waals surface area contributed by atoms with Crippen LogP contribution in [0.3, 0.4) is 0 Å². The Morgan fingerprint density at radius 3 is 0.963 bits per heavy atom. The van der Waals surface area contributed by atoms with Gasteiger partial charge in [-0.3, -0.25) is 67.3 Å². The number of hydrogen-bond donors (Lipinski definition) is 10. The van der Waals surface area contributed by atoms with Gasteiger partial charge in [0.1, 0.15) is 48.3 Å². The highest BCUT2D eigenvalue weighted by Gasteiger charge is 2.39. The molecule has 0 saturated carbocycles. The van der Waals surface area contributed by atoms with Crippen molar-refractivity contribution in [3.8, 4) is 0 Å². The van der Waals surface area contributed by atoms with Crippen LogP contribution in [0, 0.1) is 35.5 Å². The highest BCUT2D eigenvalue weighted by atomic mass is 16.4. The average molecular weight is 1130 g/mol. The summed E-state index contributed by atoms with van der Waals surface area (Å²) in [5, 5.41) is 41.1. The fourth-order valence-electron chi connectivity index (χ4n) is 9.67. The third-order valence-corrected chi connectivity index (χ3v) is 14.9. The molecule has 10 N–H and O–H groups in total. The summed E-state index contributed by atoms with van der Waals surface area (Å²) >= 11 is 0. The van der Waals surface area contributed by atoms with E-state index in [-0.39, 0.29) is 90.1 Å². The first kappa shape index (κ1) is 67.8. The van der Waals surface area contributed by atoms with E-state index in [1.807, 2.05) is 13.8 Å². The predicted octanol–water partition coefficient (Wildman–Crippen LogP) is -1.39. The lowest BCUT2D eigenvalue weighted by atomic mass is 9.96. The standard InChI is InChI=1S/C54H92N12O14/c1-13-33(11)45-51(77)57-35(23-29(3)4)47(73)55-37(25-41(69)70)49(75)61-44(32(9)10)54(80)66-21-17-64(18-22-66)28-40(68)60-46(34(12)14-2)52(78)58-36(24-30(5)6)48(74)56-38(26-42(71)72)50(76)62-43(31(7)8)53(79)65-19-15-63(16-20-65)27-39(67)59-45/h29-38,43-46H,13-28H2,1-12H3,(H,55,73)(H,56,74)(H,57,77)(H,58,78)(H,59,67)(H,60,68)(H,61,75)(H,62,76)(H,69,70)(H,71,72)/t33-,34-,35-,36-,37-,38-,43-,44?,45-,46-/m0/s1. The van der Waals surface area contributed by atoms with Crippen LogP contribution >= 0.6 is 0 Å². The first-order valence-electron chi connectivity index (χ1n) is 28.3. The second-order valence-corrected chi connectivity index (χ2v) is 23.2. The maximum Gasteiger partial charge on any atom is 0.305 e. The predicted molar refractivity (Wildman–Crippen MR) is 293 cm³/mol. The van der Waals surface area contributed by atoms with Crippen molar-refractivity contribution in [2.24, 2.45) is 35.5 Å². The van der Waals surface area contributed by atoms with Crippen molar-refractivity contribution in [2.45, 2.75) is 170 Å². The minimum Gasteiger partial charge on any atom is -0.481 e. The Kier molecular flexibility index (Phi) is 27.2. The van der Waals surface area contributed by atoms with Crippen molar-refractivity contribution in [2.75, 3.05) is 65.4 Å². The minimum atomic E-state index is -1.67. The monoisotopic (exact) mass is 1130 g/mol. The van der Waals surface area contributed by atoms with Gasteiger partial charge in [0.25, 0.3) is 0 Å². The summed E-state index contributed by atoms with van der Waals surface area (Å²) in [7, 11) is 0. The number of carbonyl (C=O) groups excluding carboxylic acids is 10. The van der Waals surface area contributed by atoms with Crippen molar-refractivity contribution >= 4 is 71.0 Å². The molecule has 6 saturated heterocycles. The van der Waals surface area contributed by atoms with Crippen molar-refractivity contribution in [1.29, 1.82) is 0 Å². The molecule has 452 valence electrons. The Morgan fingerprint density at radius 2 is 0.700 bits per heavy atom. The van der Waals surface area contributed by atoms with Gasteiger partial charge in [-0.05, 0) is 48.3 Å². The number of aliphatic carboxylic acids is 2. The third kappa shape index (κ3) is 21.2. The molecule has 0 aliphatic carbocycles. The van der Waals surface area contributed by atoms with Crippen molar-refractivity contribution in [1.82, 2.24) is 62.1 Å². The number of nitrogens with one attached hydrogen (secondary N) is 8. The number of amides is 10. The molecule has 10 atom stereocenters. The largest absolute Gasteiger partial charge is 0.481 e. The lowest BCUT2D eigenvalue weighted by Gasteiger charge is -2.37. The summed E-state index contributed by atoms with van der Waals surface area (Å²) in [4.78, 5) is 171. The van der Waals surface area contributed by atoms with Gasteiger partial charge in [0, 0.05) is 52.4 Å². The van der Waals surface area contributed by atoms with Gasteiger partial charge in [0.05, 0.1) is 25.9 Å². The zero-order valence-corrected chi connectivity index (χ0v) is 49.0. The lowest BCUT2D eigenvalue weighted by Crippen LogP contribution is -2.62. The molecule has 0 spiro atoms. The van der Waals surface area contributed by atoms with Crippen molar-refractivity contribution < 1.29 is 67.7 Å². The third-order valence-electron chi connectivity index (χ3n) is 14.9. The first-order chi connectivity index (χ1) is 37.5. The van der Waals surface area contributed by atoms with E-state index in [1.54, 1.807) is 79.0 Å². The highest BCUT2D eigenvalue weighted by Crippen LogP contribution is 2.17. The molecule has 6 heterocycles. The number of hydrogen-bond acceptors (Lipinski definition) is 14. The van der Waals surface area contributed by atoms with E-state index in [0.29, 0.717) is 12.8 Å². The average Bonchev–Trinajstić information content (AvgIpc) is 3.37. The van der Waals surface area contributed by atoms with E-state index >= 15 is 0 Å². The van der Waals surface area contributed by atoms with Gasteiger partial charge in [0.2, 0.25) is 59.1 Å². The zero-order valence-electron chi connectivity index (χ0n) is 49.0. The van der Waals surface area contributed by atoms with Crippen LogP contribution in [0.25, 0.3) is 0 Å². The van der Waals surface area contributed by atoms with Gasteiger partial charge in [0.15, 0.2) is 0 Å². The van der Waals surface area contributed by atoms with Crippen LogP contribution in [0.5, 0.6) is 0 Å². The molecular weight excluding hydrogens is 1040 g/mol. The van der Waals surface area contributed by atoms with E-state index in [1.165, 1.54) is 9.80 Å². The Balaban J connectivity index is 2.04. The highest BCUT2D eigenvalue weighted by molar-refractivity contribution is 5.99. The Labute approximate surface area is 470 Å². The lowest BCUT2D eigenvalue weighted by molar-refractivity contribution is -0.143. The summed E-state index contributed by atoms with van der Waals surface area (Å²) in [5.41, 5.74) is 0. The maximum atomic E-state index is 14.1. The Bertz CT molecular complexity index is 2050. The zero-order chi connectivity index (χ0) is 60.3. The van der Waals surface area contributed by atoms with Crippen molar-refractivity contribution in [3.63, 3.8) is 0 Å². The molecule has 0 radical (unpaired) electrons. The molecule has 6 aliphatic heterocycles. The van der Waals surface area contributed by atoms with Crippen LogP contribution in [0.1, 0.15) is 122 Å². The fraction of sp³-hybridized carbons (Fsp3) is 0.778. The van der Waals surface area contributed by atoms with Crippen molar-refractivity contribution in [3.05, 3.63) is 0 Å². The Morgan fingerprint density at radius 1 is 0.412 bits per heavy atom. The molecule has 6 aliphatic rings. The quantitative estimate of drug-likeness (QED) is 0.0958. The molecule has 26 heteroatoms. The number of nitrogens with zero attached hydrogens (tertiary/aromatic N) is 4. The van der Waals surface area contributed by atoms with Crippen LogP contribution in [-0.4, -0.2) is 215 Å². The maximum absolute atomic E-state index is 14.1. The summed E-state index contributed by atoms with van der Waals surface area (Å²) in [6.07, 6.45) is -0.697. The smallest absolute Gasteiger partial charge is 0.305 e. The minimum absolute atomic E-state index is 0.0668. The molecule has 80 heavy (non-hydrogen) atoms. The number of carboxylic acids is 2. The molecular formula is C54H92N12O14. The normalized spacial score (nSPS) is 28.4. The molecule has 6 rings (SSSR count). The van der Waals surface area contributed by atoms with Crippen LogP contribution in [0.4, 0.5) is 0 Å². The molecule has 0 aromatic rings.